The lowest BCUT2D eigenvalue weighted by Gasteiger charge is -2.24. The molecule has 0 bridgehead atoms. The molecule has 0 N–H and O–H groups in total. The third-order valence-electron chi connectivity index (χ3n) is 3.25. The van der Waals surface area contributed by atoms with Crippen LogP contribution in [-0.2, 0) is 24.6 Å². The van der Waals surface area contributed by atoms with Crippen LogP contribution in [-0.4, -0.2) is 36.7 Å². The van der Waals surface area contributed by atoms with Gasteiger partial charge < -0.3 is 18.0 Å². The molecule has 4 nitrogen and oxygen atoms in total. The van der Waals surface area contributed by atoms with Crippen LogP contribution in [0.1, 0.15) is 12.0 Å². The first kappa shape index (κ1) is 22.7. The third kappa shape index (κ3) is 5.83. The Morgan fingerprint density at radius 1 is 0.739 bits per heavy atom. The van der Waals surface area contributed by atoms with E-state index in [9.17, 15) is 0 Å². The fraction of sp³-hybridized carbons (Fsp3) is 0.538. The molecule has 10 heteroatoms. The second kappa shape index (κ2) is 10.7. The predicted octanol–water partition coefficient (Wildman–Crippen LogP) is 6.28. The van der Waals surface area contributed by atoms with E-state index in [-0.39, 0.29) is 0 Å². The van der Waals surface area contributed by atoms with E-state index < -0.39 is 8.80 Å². The van der Waals surface area contributed by atoms with Crippen molar-refractivity contribution in [1.82, 2.24) is 0 Å². The van der Waals surface area contributed by atoms with Crippen molar-refractivity contribution in [2.75, 3.05) is 27.9 Å². The Morgan fingerprint density at radius 3 is 1.61 bits per heavy atom. The molecule has 0 aromatic heterocycles. The van der Waals surface area contributed by atoms with E-state index in [1.807, 2.05) is 0 Å². The van der Waals surface area contributed by atoms with Crippen LogP contribution < -0.4 is 0 Å². The average Bonchev–Trinajstić information content (AvgIpc) is 2.57. The van der Waals surface area contributed by atoms with Gasteiger partial charge in [-0.15, -0.1) is 0 Å². The van der Waals surface area contributed by atoms with Crippen LogP contribution in [0.2, 0.25) is 6.04 Å². The van der Waals surface area contributed by atoms with Crippen molar-refractivity contribution >= 4 is 88.5 Å². The highest BCUT2D eigenvalue weighted by Gasteiger charge is 2.36. The molecule has 0 unspecified atom stereocenters. The highest BCUT2D eigenvalue weighted by Crippen LogP contribution is 2.44. The number of hydrogen-bond donors (Lipinski definition) is 0. The van der Waals surface area contributed by atoms with E-state index in [0.29, 0.717) is 19.3 Å². The van der Waals surface area contributed by atoms with Crippen molar-refractivity contribution < 1.29 is 18.0 Å². The van der Waals surface area contributed by atoms with Gasteiger partial charge in [0.15, 0.2) is 0 Å². The number of ether oxygens (including phenoxy) is 1. The number of rotatable bonds is 9. The van der Waals surface area contributed by atoms with Crippen LogP contribution in [0.4, 0.5) is 0 Å². The van der Waals surface area contributed by atoms with Crippen LogP contribution in [0.5, 0.6) is 0 Å². The lowest BCUT2D eigenvalue weighted by atomic mass is 10.2. The molecule has 0 aliphatic heterocycles. The van der Waals surface area contributed by atoms with E-state index in [1.54, 1.807) is 21.3 Å². The Morgan fingerprint density at radius 2 is 1.17 bits per heavy atom. The number of hydrogen-bond acceptors (Lipinski definition) is 4. The molecule has 0 fully saturated rings. The van der Waals surface area contributed by atoms with Gasteiger partial charge in [0.05, 0.1) is 6.61 Å². The fourth-order valence-electron chi connectivity index (χ4n) is 1.90. The van der Waals surface area contributed by atoms with E-state index in [2.05, 4.69) is 79.6 Å². The Balaban J connectivity index is 2.61. The van der Waals surface area contributed by atoms with Crippen LogP contribution in [0.3, 0.4) is 0 Å². The van der Waals surface area contributed by atoms with Gasteiger partial charge in [-0.2, -0.15) is 0 Å². The standard InChI is InChI=1S/C13H17Br5O4Si/c1-19-23(20-2,21-3)6-4-5-22-7-8-9(14)11(16)13(18)12(17)10(8)15/h4-7H2,1-3H3. The molecule has 1 rings (SSSR count). The summed E-state index contributed by atoms with van der Waals surface area (Å²) in [6, 6.07) is 0.715. The van der Waals surface area contributed by atoms with Gasteiger partial charge >= 0.3 is 8.80 Å². The maximum absolute atomic E-state index is 5.80. The minimum Gasteiger partial charge on any atom is -0.377 e. The van der Waals surface area contributed by atoms with E-state index in [4.69, 9.17) is 18.0 Å². The first-order chi connectivity index (χ1) is 10.8. The minimum absolute atomic E-state index is 0.479. The second-order valence-corrected chi connectivity index (χ2v) is 11.6. The smallest absolute Gasteiger partial charge is 0.377 e. The zero-order valence-corrected chi connectivity index (χ0v) is 21.8. The average molecular weight is 665 g/mol. The molecule has 0 amide bonds. The van der Waals surface area contributed by atoms with Crippen molar-refractivity contribution in [3.05, 3.63) is 27.9 Å². The summed E-state index contributed by atoms with van der Waals surface area (Å²) >= 11 is 17.8. The summed E-state index contributed by atoms with van der Waals surface area (Å²) in [5.41, 5.74) is 1.03. The molecular formula is C13H17Br5O4Si. The van der Waals surface area contributed by atoms with Gasteiger partial charge in [-0.1, -0.05) is 0 Å². The zero-order chi connectivity index (χ0) is 17.6. The lowest BCUT2D eigenvalue weighted by molar-refractivity contribution is 0.101. The van der Waals surface area contributed by atoms with Gasteiger partial charge in [-0.3, -0.25) is 0 Å². The molecular weight excluding hydrogens is 648 g/mol. The van der Waals surface area contributed by atoms with Gasteiger partial charge in [0.25, 0.3) is 0 Å². The van der Waals surface area contributed by atoms with Gasteiger partial charge in [-0.25, -0.2) is 0 Å². The van der Waals surface area contributed by atoms with Crippen molar-refractivity contribution in [3.63, 3.8) is 0 Å². The first-order valence-electron chi connectivity index (χ1n) is 6.57. The fourth-order valence-corrected chi connectivity index (χ4v) is 6.95. The summed E-state index contributed by atoms with van der Waals surface area (Å²) in [6.07, 6.45) is 0.801. The van der Waals surface area contributed by atoms with Crippen LogP contribution in [0, 0.1) is 0 Å². The normalized spacial score (nSPS) is 12.0. The van der Waals surface area contributed by atoms with Gasteiger partial charge in [0, 0.05) is 61.9 Å². The molecule has 0 aliphatic rings. The highest BCUT2D eigenvalue weighted by atomic mass is 79.9. The second-order valence-electron chi connectivity index (χ2n) is 4.50. The Labute approximate surface area is 180 Å². The molecule has 0 atom stereocenters. The summed E-state index contributed by atoms with van der Waals surface area (Å²) in [5.74, 6) is 0. The maximum atomic E-state index is 5.80. The van der Waals surface area contributed by atoms with Gasteiger partial charge in [0.2, 0.25) is 0 Å². The third-order valence-corrected chi connectivity index (χ3v) is 12.3. The summed E-state index contributed by atoms with van der Waals surface area (Å²) in [5, 5.41) is 0. The Bertz CT molecular complexity index is 502. The predicted molar refractivity (Wildman–Crippen MR) is 111 cm³/mol. The summed E-state index contributed by atoms with van der Waals surface area (Å²) in [6.45, 7) is 1.07. The molecule has 23 heavy (non-hydrogen) atoms. The summed E-state index contributed by atoms with van der Waals surface area (Å²) in [4.78, 5) is 0. The molecule has 0 saturated carbocycles. The molecule has 132 valence electrons. The molecule has 1 aromatic rings. The molecule has 0 spiro atoms. The Kier molecular flexibility index (Phi) is 10.6. The maximum Gasteiger partial charge on any atom is 0.500 e. The largest absolute Gasteiger partial charge is 0.500 e. The van der Waals surface area contributed by atoms with E-state index in [0.717, 1.165) is 34.3 Å². The van der Waals surface area contributed by atoms with Crippen molar-refractivity contribution in [1.29, 1.82) is 0 Å². The monoisotopic (exact) mass is 660 g/mol. The highest BCUT2D eigenvalue weighted by molar-refractivity contribution is 9.15. The first-order valence-corrected chi connectivity index (χ1v) is 12.5. The lowest BCUT2D eigenvalue weighted by Crippen LogP contribution is -2.42. The Hall–Kier alpha value is 1.68. The number of benzene rings is 1. The topological polar surface area (TPSA) is 36.9 Å². The SMILES string of the molecule is CO[Si](CCCOCc1c(Br)c(Br)c(Br)c(Br)c1Br)(OC)OC. The van der Waals surface area contributed by atoms with Gasteiger partial charge in [-0.05, 0) is 86.1 Å². The molecule has 1 aromatic carbocycles. The van der Waals surface area contributed by atoms with E-state index in [1.165, 1.54) is 0 Å². The summed E-state index contributed by atoms with van der Waals surface area (Å²) < 4.78 is 26.7. The van der Waals surface area contributed by atoms with E-state index >= 15 is 0 Å². The van der Waals surface area contributed by atoms with Gasteiger partial charge in [0.1, 0.15) is 0 Å². The molecule has 0 aliphatic carbocycles. The minimum atomic E-state index is -2.51. The molecule has 0 radical (unpaired) electrons. The van der Waals surface area contributed by atoms with Crippen molar-refractivity contribution in [2.45, 2.75) is 19.1 Å². The zero-order valence-electron chi connectivity index (χ0n) is 12.9. The van der Waals surface area contributed by atoms with Crippen LogP contribution >= 0.6 is 79.6 Å². The summed E-state index contributed by atoms with van der Waals surface area (Å²) in [7, 11) is 2.34. The molecule has 0 heterocycles. The van der Waals surface area contributed by atoms with Crippen molar-refractivity contribution in [3.8, 4) is 0 Å². The molecule has 0 saturated heterocycles. The van der Waals surface area contributed by atoms with Crippen molar-refractivity contribution in [2.24, 2.45) is 0 Å². The van der Waals surface area contributed by atoms with Crippen LogP contribution in [0.15, 0.2) is 22.4 Å². The quantitative estimate of drug-likeness (QED) is 0.135. The van der Waals surface area contributed by atoms with Crippen LogP contribution in [0.25, 0.3) is 0 Å². The number of halogens is 5.